The molecule has 5 rings (SSSR count). The number of para-hydroxylation sites is 1. The Labute approximate surface area is 218 Å². The van der Waals surface area contributed by atoms with E-state index in [0.29, 0.717) is 18.4 Å². The lowest BCUT2D eigenvalue weighted by atomic mass is 9.80. The maximum absolute atomic E-state index is 13.5. The number of nitrogens with zero attached hydrogens (tertiary/aromatic N) is 1. The van der Waals surface area contributed by atoms with Crippen LogP contribution in [0.4, 0.5) is 4.39 Å². The Morgan fingerprint density at radius 1 is 0.861 bits per heavy atom. The summed E-state index contributed by atoms with van der Waals surface area (Å²) in [4.78, 5) is 2.52. The van der Waals surface area contributed by atoms with E-state index in [-0.39, 0.29) is 25.0 Å². The van der Waals surface area contributed by atoms with Crippen LogP contribution in [-0.2, 0) is 0 Å². The summed E-state index contributed by atoms with van der Waals surface area (Å²) in [5, 5.41) is 0. The molecule has 0 unspecified atom stereocenters. The van der Waals surface area contributed by atoms with E-state index in [1.54, 1.807) is 12.1 Å². The largest absolute Gasteiger partial charge is 0.494 e. The molecule has 2 atom stereocenters. The van der Waals surface area contributed by atoms with E-state index >= 15 is 0 Å². The third kappa shape index (κ3) is 6.83. The van der Waals surface area contributed by atoms with Gasteiger partial charge in [-0.2, -0.15) is 0 Å². The van der Waals surface area contributed by atoms with Crippen LogP contribution in [0.3, 0.4) is 0 Å². The normalized spacial score (nSPS) is 18.9. The van der Waals surface area contributed by atoms with Gasteiger partial charge in [-0.3, -0.25) is 0 Å². The Morgan fingerprint density at radius 3 is 2.50 bits per heavy atom. The maximum Gasteiger partial charge on any atom is 0.231 e. The predicted molar refractivity (Wildman–Crippen MR) is 140 cm³/mol. The monoisotopic (exact) mass is 513 g/mol. The number of hydrogen-bond acceptors (Lipinski definition) is 5. The standard InChI is InChI=1S/C29H32FNO4.ClH/c30-24-10-8-22(9-11-24)27-14-16-31(15-4-5-17-32-25-6-2-1-3-7-25)19-23(27)20-33-26-12-13-28-29(18-26)35-21-34-28;/h1-3,6-13,18,23,27H,4-5,14-17,19-21H2;1H/t23-,27-;/m1./s1. The van der Waals surface area contributed by atoms with Crippen LogP contribution in [0.25, 0.3) is 0 Å². The highest BCUT2D eigenvalue weighted by Gasteiger charge is 2.31. The molecule has 0 bridgehead atoms. The van der Waals surface area contributed by atoms with Gasteiger partial charge in [-0.05, 0) is 80.2 Å². The minimum absolute atomic E-state index is 0. The molecule has 2 aliphatic rings. The van der Waals surface area contributed by atoms with Crippen molar-refractivity contribution < 1.29 is 23.3 Å². The molecule has 0 amide bonds. The van der Waals surface area contributed by atoms with Gasteiger partial charge in [0.2, 0.25) is 6.79 Å². The molecule has 0 aliphatic carbocycles. The molecule has 7 heteroatoms. The molecule has 0 aromatic heterocycles. The first-order valence-electron chi connectivity index (χ1n) is 12.4. The molecule has 0 saturated carbocycles. The highest BCUT2D eigenvalue weighted by atomic mass is 35.5. The van der Waals surface area contributed by atoms with E-state index in [0.717, 1.165) is 68.5 Å². The van der Waals surface area contributed by atoms with Crippen LogP contribution in [0.5, 0.6) is 23.0 Å². The summed E-state index contributed by atoms with van der Waals surface area (Å²) >= 11 is 0. The highest BCUT2D eigenvalue weighted by molar-refractivity contribution is 5.85. The van der Waals surface area contributed by atoms with Crippen molar-refractivity contribution >= 4 is 12.4 Å². The zero-order valence-electron chi connectivity index (χ0n) is 20.3. The van der Waals surface area contributed by atoms with Crippen molar-refractivity contribution in [2.75, 3.05) is 39.6 Å². The summed E-state index contributed by atoms with van der Waals surface area (Å²) in [6.07, 6.45) is 3.14. The van der Waals surface area contributed by atoms with Crippen molar-refractivity contribution in [1.82, 2.24) is 4.90 Å². The number of ether oxygens (including phenoxy) is 4. The lowest BCUT2D eigenvalue weighted by Crippen LogP contribution is -2.42. The molecule has 36 heavy (non-hydrogen) atoms. The second kappa shape index (κ2) is 12.8. The van der Waals surface area contributed by atoms with E-state index in [4.69, 9.17) is 18.9 Å². The van der Waals surface area contributed by atoms with Crippen molar-refractivity contribution in [3.63, 3.8) is 0 Å². The van der Waals surface area contributed by atoms with Gasteiger partial charge in [-0.25, -0.2) is 4.39 Å². The second-order valence-corrected chi connectivity index (χ2v) is 9.20. The summed E-state index contributed by atoms with van der Waals surface area (Å²) < 4.78 is 36.5. The number of rotatable bonds is 10. The van der Waals surface area contributed by atoms with Gasteiger partial charge in [0, 0.05) is 18.5 Å². The van der Waals surface area contributed by atoms with Crippen LogP contribution < -0.4 is 18.9 Å². The van der Waals surface area contributed by atoms with Crippen LogP contribution >= 0.6 is 12.4 Å². The lowest BCUT2D eigenvalue weighted by Gasteiger charge is -2.39. The molecule has 1 saturated heterocycles. The molecular weight excluding hydrogens is 481 g/mol. The summed E-state index contributed by atoms with van der Waals surface area (Å²) in [5.41, 5.74) is 1.18. The number of halogens is 2. The van der Waals surface area contributed by atoms with E-state index < -0.39 is 0 Å². The molecule has 5 nitrogen and oxygen atoms in total. The summed E-state index contributed by atoms with van der Waals surface area (Å²) in [7, 11) is 0. The topological polar surface area (TPSA) is 40.2 Å². The number of unbranched alkanes of at least 4 members (excludes halogenated alkanes) is 1. The Hall–Kier alpha value is -2.96. The van der Waals surface area contributed by atoms with E-state index in [1.165, 1.54) is 5.56 Å². The van der Waals surface area contributed by atoms with Gasteiger partial charge in [0.15, 0.2) is 11.5 Å². The van der Waals surface area contributed by atoms with E-state index in [9.17, 15) is 4.39 Å². The number of likely N-dealkylation sites (tertiary alicyclic amines) is 1. The molecule has 0 N–H and O–H groups in total. The van der Waals surface area contributed by atoms with Crippen molar-refractivity contribution in [2.45, 2.75) is 25.2 Å². The van der Waals surface area contributed by atoms with E-state index in [2.05, 4.69) is 4.90 Å². The van der Waals surface area contributed by atoms with Gasteiger partial charge >= 0.3 is 0 Å². The molecular formula is C29H33ClFNO4. The van der Waals surface area contributed by atoms with Crippen molar-refractivity contribution in [2.24, 2.45) is 5.92 Å². The summed E-state index contributed by atoms with van der Waals surface area (Å²) in [5.74, 6) is 3.62. The average Bonchev–Trinajstić information content (AvgIpc) is 3.37. The maximum atomic E-state index is 13.5. The Morgan fingerprint density at radius 2 is 1.67 bits per heavy atom. The molecule has 3 aromatic rings. The van der Waals surface area contributed by atoms with Crippen LogP contribution in [0.2, 0.25) is 0 Å². The number of benzene rings is 3. The third-order valence-electron chi connectivity index (χ3n) is 6.80. The van der Waals surface area contributed by atoms with Crippen LogP contribution in [0, 0.1) is 11.7 Å². The van der Waals surface area contributed by atoms with E-state index in [1.807, 2.05) is 60.7 Å². The molecule has 0 spiro atoms. The third-order valence-corrected chi connectivity index (χ3v) is 6.80. The zero-order valence-corrected chi connectivity index (χ0v) is 21.1. The number of hydrogen-bond donors (Lipinski definition) is 0. The van der Waals surface area contributed by atoms with Crippen molar-refractivity contribution in [1.29, 1.82) is 0 Å². The first-order chi connectivity index (χ1) is 17.2. The predicted octanol–water partition coefficient (Wildman–Crippen LogP) is 6.32. The fraction of sp³-hybridized carbons (Fsp3) is 0.379. The minimum Gasteiger partial charge on any atom is -0.494 e. The minimum atomic E-state index is -0.197. The van der Waals surface area contributed by atoms with Gasteiger partial charge in [0.05, 0.1) is 13.2 Å². The number of piperidine rings is 1. The van der Waals surface area contributed by atoms with Crippen molar-refractivity contribution in [3.8, 4) is 23.0 Å². The number of fused-ring (bicyclic) bond motifs is 1. The molecule has 1 fully saturated rings. The van der Waals surface area contributed by atoms with Gasteiger partial charge in [0.25, 0.3) is 0 Å². The van der Waals surface area contributed by atoms with Gasteiger partial charge in [-0.15, -0.1) is 12.4 Å². The molecule has 192 valence electrons. The van der Waals surface area contributed by atoms with Gasteiger partial charge in [-0.1, -0.05) is 30.3 Å². The quantitative estimate of drug-likeness (QED) is 0.297. The Balaban J connectivity index is 0.00000304. The Bertz CT molecular complexity index is 1080. The molecule has 3 aromatic carbocycles. The van der Waals surface area contributed by atoms with Gasteiger partial charge < -0.3 is 23.8 Å². The average molecular weight is 514 g/mol. The first kappa shape index (κ1) is 26.1. The van der Waals surface area contributed by atoms with Crippen LogP contribution in [0.1, 0.15) is 30.7 Å². The fourth-order valence-corrected chi connectivity index (χ4v) is 4.94. The Kier molecular flexibility index (Phi) is 9.31. The molecule has 2 heterocycles. The fourth-order valence-electron chi connectivity index (χ4n) is 4.94. The van der Waals surface area contributed by atoms with Crippen LogP contribution in [0.15, 0.2) is 72.8 Å². The van der Waals surface area contributed by atoms with Crippen molar-refractivity contribution in [3.05, 3.63) is 84.2 Å². The zero-order chi connectivity index (χ0) is 23.9. The van der Waals surface area contributed by atoms with Gasteiger partial charge in [0.1, 0.15) is 17.3 Å². The van der Waals surface area contributed by atoms with Crippen LogP contribution in [-0.4, -0.2) is 44.5 Å². The smallest absolute Gasteiger partial charge is 0.231 e. The highest BCUT2D eigenvalue weighted by Crippen LogP contribution is 2.37. The SMILES string of the molecule is Cl.Fc1ccc([C@H]2CCN(CCCCOc3ccccc3)C[C@@H]2COc2ccc3c(c2)OCO3)cc1. The second-order valence-electron chi connectivity index (χ2n) is 9.20. The summed E-state index contributed by atoms with van der Waals surface area (Å²) in [6.45, 7) is 4.59. The summed E-state index contributed by atoms with van der Waals surface area (Å²) in [6, 6.07) is 22.6. The lowest BCUT2D eigenvalue weighted by molar-refractivity contribution is 0.108. The molecule has 2 aliphatic heterocycles. The first-order valence-corrected chi connectivity index (χ1v) is 12.4. The molecule has 0 radical (unpaired) electrons.